The Kier molecular flexibility index (Phi) is 3.79. The van der Waals surface area contributed by atoms with Crippen LogP contribution in [0.2, 0.25) is 5.02 Å². The molecule has 3 aromatic rings. The Bertz CT molecular complexity index is 1030. The SMILES string of the molecule is C[C@@H]1c2cc(-c3cccc4c(Cl)c[nH]c34)c(F)c(F)c2NC(C)(C)[C@H]1O. The minimum atomic E-state index is -0.931. The Morgan fingerprint density at radius 1 is 1.15 bits per heavy atom. The van der Waals surface area contributed by atoms with Crippen LogP contribution < -0.4 is 5.32 Å². The molecule has 0 bridgehead atoms. The lowest BCUT2D eigenvalue weighted by Crippen LogP contribution is -2.50. The van der Waals surface area contributed by atoms with Gasteiger partial charge in [0.1, 0.15) is 0 Å². The minimum absolute atomic E-state index is 0.116. The third-order valence-corrected chi connectivity index (χ3v) is 5.66. The highest BCUT2D eigenvalue weighted by Crippen LogP contribution is 2.44. The van der Waals surface area contributed by atoms with E-state index >= 15 is 0 Å². The predicted octanol–water partition coefficient (Wildman–Crippen LogP) is 5.44. The van der Waals surface area contributed by atoms with Crippen LogP contribution in [-0.2, 0) is 0 Å². The minimum Gasteiger partial charge on any atom is -0.390 e. The standard InChI is InChI=1S/C20H19ClF2N2O/c1-9-12-7-13(10-5-4-6-11-14(21)8-24-17(10)11)15(22)16(23)18(12)25-20(2,3)19(9)26/h4-9,19,24-26H,1-3H3/t9-,19+/m1/s1. The Hall–Kier alpha value is -2.11. The van der Waals surface area contributed by atoms with Gasteiger partial charge in [0.25, 0.3) is 0 Å². The Balaban J connectivity index is 1.99. The van der Waals surface area contributed by atoms with Gasteiger partial charge in [-0.25, -0.2) is 8.78 Å². The van der Waals surface area contributed by atoms with E-state index in [4.69, 9.17) is 11.6 Å². The maximum atomic E-state index is 15.0. The summed E-state index contributed by atoms with van der Waals surface area (Å²) in [6.45, 7) is 5.35. The normalized spacial score (nSPS) is 21.5. The fraction of sp³-hybridized carbons (Fsp3) is 0.300. The molecule has 0 fully saturated rings. The van der Waals surface area contributed by atoms with E-state index in [1.54, 1.807) is 38.2 Å². The molecule has 0 saturated carbocycles. The van der Waals surface area contributed by atoms with Gasteiger partial charge in [0.05, 0.1) is 27.9 Å². The highest BCUT2D eigenvalue weighted by molar-refractivity contribution is 6.36. The molecular formula is C20H19ClF2N2O. The molecule has 3 N–H and O–H groups in total. The number of rotatable bonds is 1. The van der Waals surface area contributed by atoms with Gasteiger partial charge in [-0.1, -0.05) is 36.7 Å². The molecule has 1 aromatic heterocycles. The molecule has 1 aliphatic heterocycles. The zero-order chi connectivity index (χ0) is 18.8. The largest absolute Gasteiger partial charge is 0.390 e. The summed E-state index contributed by atoms with van der Waals surface area (Å²) in [5, 5.41) is 14.8. The van der Waals surface area contributed by atoms with Gasteiger partial charge >= 0.3 is 0 Å². The van der Waals surface area contributed by atoms with Crippen LogP contribution >= 0.6 is 11.6 Å². The summed E-state index contributed by atoms with van der Waals surface area (Å²) in [7, 11) is 0. The van der Waals surface area contributed by atoms with Crippen molar-refractivity contribution in [2.45, 2.75) is 38.3 Å². The summed E-state index contributed by atoms with van der Waals surface area (Å²) < 4.78 is 29.9. The molecule has 2 atom stereocenters. The third kappa shape index (κ3) is 2.34. The number of aromatic nitrogens is 1. The number of anilines is 1. The maximum absolute atomic E-state index is 15.0. The lowest BCUT2D eigenvalue weighted by atomic mass is 9.78. The summed E-state index contributed by atoms with van der Waals surface area (Å²) in [6.07, 6.45) is 0.891. The number of para-hydroxylation sites is 1. The molecule has 0 amide bonds. The number of H-pyrrole nitrogens is 1. The number of hydrogen-bond acceptors (Lipinski definition) is 2. The summed E-state index contributed by atoms with van der Waals surface area (Å²) in [6, 6.07) is 6.92. The molecule has 0 aliphatic carbocycles. The van der Waals surface area contributed by atoms with Gasteiger partial charge < -0.3 is 15.4 Å². The van der Waals surface area contributed by atoms with Gasteiger partial charge in [0.2, 0.25) is 0 Å². The van der Waals surface area contributed by atoms with Crippen molar-refractivity contribution in [3.63, 3.8) is 0 Å². The first-order valence-corrected chi connectivity index (χ1v) is 8.84. The fourth-order valence-corrected chi connectivity index (χ4v) is 4.08. The van der Waals surface area contributed by atoms with Crippen molar-refractivity contribution in [3.8, 4) is 11.1 Å². The topological polar surface area (TPSA) is 48.0 Å². The predicted molar refractivity (Wildman–Crippen MR) is 101 cm³/mol. The van der Waals surface area contributed by atoms with Crippen molar-refractivity contribution in [2.24, 2.45) is 0 Å². The van der Waals surface area contributed by atoms with E-state index in [-0.39, 0.29) is 17.2 Å². The molecule has 0 unspecified atom stereocenters. The average molecular weight is 377 g/mol. The fourth-order valence-electron chi connectivity index (χ4n) is 3.86. The molecule has 0 saturated heterocycles. The van der Waals surface area contributed by atoms with Crippen LogP contribution in [-0.4, -0.2) is 21.7 Å². The lowest BCUT2D eigenvalue weighted by molar-refractivity contribution is 0.0863. The Morgan fingerprint density at radius 2 is 1.88 bits per heavy atom. The first-order valence-electron chi connectivity index (χ1n) is 8.46. The molecule has 0 spiro atoms. The van der Waals surface area contributed by atoms with Crippen LogP contribution in [0.15, 0.2) is 30.5 Å². The molecule has 6 heteroatoms. The van der Waals surface area contributed by atoms with E-state index in [1.165, 1.54) is 0 Å². The number of fused-ring (bicyclic) bond motifs is 2. The zero-order valence-corrected chi connectivity index (χ0v) is 15.4. The van der Waals surface area contributed by atoms with E-state index in [0.717, 1.165) is 5.39 Å². The molecule has 2 heterocycles. The molecule has 136 valence electrons. The van der Waals surface area contributed by atoms with Crippen molar-refractivity contribution in [1.82, 2.24) is 4.98 Å². The number of hydrogen-bond donors (Lipinski definition) is 3. The second kappa shape index (κ2) is 5.69. The van der Waals surface area contributed by atoms with Crippen LogP contribution in [0.3, 0.4) is 0 Å². The highest BCUT2D eigenvalue weighted by atomic mass is 35.5. The van der Waals surface area contributed by atoms with Gasteiger partial charge in [-0.3, -0.25) is 0 Å². The Morgan fingerprint density at radius 3 is 2.62 bits per heavy atom. The molecule has 0 radical (unpaired) electrons. The summed E-state index contributed by atoms with van der Waals surface area (Å²) in [4.78, 5) is 3.03. The van der Waals surface area contributed by atoms with E-state index < -0.39 is 23.3 Å². The number of halogens is 3. The average Bonchev–Trinajstić information content (AvgIpc) is 2.98. The van der Waals surface area contributed by atoms with Crippen LogP contribution in [0, 0.1) is 11.6 Å². The zero-order valence-electron chi connectivity index (χ0n) is 14.6. The van der Waals surface area contributed by atoms with E-state index in [1.807, 2.05) is 13.0 Å². The number of aliphatic hydroxyl groups is 1. The van der Waals surface area contributed by atoms with Crippen LogP contribution in [0.4, 0.5) is 14.5 Å². The molecule has 26 heavy (non-hydrogen) atoms. The van der Waals surface area contributed by atoms with E-state index in [2.05, 4.69) is 10.3 Å². The van der Waals surface area contributed by atoms with Crippen molar-refractivity contribution < 1.29 is 13.9 Å². The van der Waals surface area contributed by atoms with Crippen molar-refractivity contribution in [1.29, 1.82) is 0 Å². The number of aromatic amines is 1. The summed E-state index contributed by atoms with van der Waals surface area (Å²) in [5.41, 5.74) is 1.24. The Labute approximate surface area is 155 Å². The van der Waals surface area contributed by atoms with Gasteiger partial charge in [-0.2, -0.15) is 0 Å². The van der Waals surface area contributed by atoms with Crippen molar-refractivity contribution in [2.75, 3.05) is 5.32 Å². The number of benzene rings is 2. The first-order chi connectivity index (χ1) is 12.2. The third-order valence-electron chi connectivity index (χ3n) is 5.34. The first kappa shape index (κ1) is 17.3. The number of nitrogens with one attached hydrogen (secondary N) is 2. The quantitative estimate of drug-likeness (QED) is 0.530. The maximum Gasteiger partial charge on any atom is 0.182 e. The molecular weight excluding hydrogens is 358 g/mol. The molecule has 2 aromatic carbocycles. The van der Waals surface area contributed by atoms with Crippen LogP contribution in [0.5, 0.6) is 0 Å². The lowest BCUT2D eigenvalue weighted by Gasteiger charge is -2.42. The van der Waals surface area contributed by atoms with Crippen molar-refractivity contribution >= 4 is 28.2 Å². The van der Waals surface area contributed by atoms with Gasteiger partial charge in [-0.05, 0) is 25.5 Å². The summed E-state index contributed by atoms with van der Waals surface area (Å²) >= 11 is 6.15. The summed E-state index contributed by atoms with van der Waals surface area (Å²) in [5.74, 6) is -2.20. The number of aliphatic hydroxyl groups excluding tert-OH is 1. The molecule has 1 aliphatic rings. The van der Waals surface area contributed by atoms with Gasteiger partial charge in [-0.15, -0.1) is 0 Å². The second-order valence-electron chi connectivity index (χ2n) is 7.46. The van der Waals surface area contributed by atoms with Gasteiger partial charge in [0, 0.05) is 28.6 Å². The highest BCUT2D eigenvalue weighted by Gasteiger charge is 2.41. The second-order valence-corrected chi connectivity index (χ2v) is 7.87. The van der Waals surface area contributed by atoms with Crippen molar-refractivity contribution in [3.05, 3.63) is 52.7 Å². The van der Waals surface area contributed by atoms with Gasteiger partial charge in [0.15, 0.2) is 11.6 Å². The monoisotopic (exact) mass is 376 g/mol. The van der Waals surface area contributed by atoms with E-state index in [0.29, 0.717) is 21.7 Å². The van der Waals surface area contributed by atoms with Crippen LogP contribution in [0.25, 0.3) is 22.0 Å². The van der Waals surface area contributed by atoms with E-state index in [9.17, 15) is 13.9 Å². The van der Waals surface area contributed by atoms with Crippen LogP contribution in [0.1, 0.15) is 32.3 Å². The molecule has 3 nitrogen and oxygen atoms in total. The molecule has 4 rings (SSSR count). The smallest absolute Gasteiger partial charge is 0.182 e.